The molecule has 0 aliphatic heterocycles. The van der Waals surface area contributed by atoms with E-state index >= 15 is 0 Å². The summed E-state index contributed by atoms with van der Waals surface area (Å²) >= 11 is 3.20. The van der Waals surface area contributed by atoms with Gasteiger partial charge in [0.05, 0.1) is 7.11 Å². The van der Waals surface area contributed by atoms with Crippen LogP contribution in [0.1, 0.15) is 13.8 Å². The lowest BCUT2D eigenvalue weighted by atomic mass is 10.4. The lowest BCUT2D eigenvalue weighted by molar-refractivity contribution is 0.323. The molecule has 0 radical (unpaired) electrons. The van der Waals surface area contributed by atoms with Crippen molar-refractivity contribution in [2.75, 3.05) is 7.11 Å². The molecule has 0 aliphatic carbocycles. The van der Waals surface area contributed by atoms with Crippen LogP contribution in [0.5, 0.6) is 0 Å². The maximum atomic E-state index is 4.81. The van der Waals surface area contributed by atoms with E-state index in [0.29, 0.717) is 0 Å². The van der Waals surface area contributed by atoms with Crippen molar-refractivity contribution in [3.05, 3.63) is 10.2 Å². The minimum atomic E-state index is 0.826. The van der Waals surface area contributed by atoms with Crippen LogP contribution >= 0.6 is 15.9 Å². The molecule has 0 saturated carbocycles. The number of hydrogen-bond donors (Lipinski definition) is 0. The second-order valence-corrected chi connectivity index (χ2v) is 2.20. The molecule has 0 aliphatic rings. The maximum absolute atomic E-state index is 4.81. The van der Waals surface area contributed by atoms with E-state index in [9.17, 15) is 0 Å². The van der Waals surface area contributed by atoms with Gasteiger partial charge >= 0.3 is 0 Å². The van der Waals surface area contributed by atoms with Crippen molar-refractivity contribution in [1.82, 2.24) is 0 Å². The fraction of sp³-hybridized carbons (Fsp3) is 0.600. The van der Waals surface area contributed by atoms with Crippen LogP contribution in [0.2, 0.25) is 0 Å². The molecule has 0 aromatic heterocycles. The van der Waals surface area contributed by atoms with Gasteiger partial charge in [0.25, 0.3) is 0 Å². The summed E-state index contributed by atoms with van der Waals surface area (Å²) in [6.07, 6.45) is 0. The average Bonchev–Trinajstić information content (AvgIpc) is 1.65. The van der Waals surface area contributed by atoms with Crippen LogP contribution < -0.4 is 0 Å². The summed E-state index contributed by atoms with van der Waals surface area (Å²) in [5.74, 6) is 0. The van der Waals surface area contributed by atoms with Gasteiger partial charge in [-0.15, -0.1) is 0 Å². The van der Waals surface area contributed by atoms with Crippen LogP contribution in [0.15, 0.2) is 10.2 Å². The zero-order chi connectivity index (χ0) is 5.86. The quantitative estimate of drug-likeness (QED) is 0.541. The summed E-state index contributed by atoms with van der Waals surface area (Å²) in [5, 5.41) is 0. The van der Waals surface area contributed by atoms with Crippen LogP contribution in [0.4, 0.5) is 0 Å². The average molecular weight is 165 g/mol. The van der Waals surface area contributed by atoms with Gasteiger partial charge in [0.1, 0.15) is 0 Å². The van der Waals surface area contributed by atoms with E-state index in [-0.39, 0.29) is 0 Å². The van der Waals surface area contributed by atoms with Crippen LogP contribution in [0, 0.1) is 0 Å². The predicted molar refractivity (Wildman–Crippen MR) is 34.3 cm³/mol. The first kappa shape index (κ1) is 7.02. The summed E-state index contributed by atoms with van der Waals surface area (Å²) in [6, 6.07) is 0. The molecule has 0 spiro atoms. The Balaban J connectivity index is 3.72. The maximum Gasteiger partial charge on any atom is 0.160 e. The van der Waals surface area contributed by atoms with Crippen molar-refractivity contribution in [2.24, 2.45) is 0 Å². The fourth-order valence-electron chi connectivity index (χ4n) is 0.204. The van der Waals surface area contributed by atoms with E-state index in [0.717, 1.165) is 10.2 Å². The monoisotopic (exact) mass is 164 g/mol. The van der Waals surface area contributed by atoms with E-state index in [1.807, 2.05) is 13.8 Å². The van der Waals surface area contributed by atoms with Gasteiger partial charge in [-0.3, -0.25) is 0 Å². The Kier molecular flexibility index (Phi) is 3.09. The van der Waals surface area contributed by atoms with Gasteiger partial charge in [0.2, 0.25) is 0 Å². The SMILES string of the molecule is COC(Br)=C(C)C. The summed E-state index contributed by atoms with van der Waals surface area (Å²) in [6.45, 7) is 3.96. The molecule has 42 valence electrons. The highest BCUT2D eigenvalue weighted by molar-refractivity contribution is 9.11. The molecule has 0 amide bonds. The Labute approximate surface area is 52.5 Å². The highest BCUT2D eigenvalue weighted by atomic mass is 79.9. The number of allylic oxidation sites excluding steroid dienone is 1. The van der Waals surface area contributed by atoms with Crippen molar-refractivity contribution >= 4 is 15.9 Å². The van der Waals surface area contributed by atoms with E-state index in [4.69, 9.17) is 4.74 Å². The third kappa shape index (κ3) is 2.68. The van der Waals surface area contributed by atoms with Crippen LogP contribution in [-0.4, -0.2) is 7.11 Å². The normalized spacial score (nSPS) is 8.00. The molecule has 0 aromatic carbocycles. The Morgan fingerprint density at radius 3 is 1.86 bits per heavy atom. The van der Waals surface area contributed by atoms with Gasteiger partial charge < -0.3 is 4.74 Å². The fourth-order valence-corrected chi connectivity index (χ4v) is 0.204. The Morgan fingerprint density at radius 2 is 1.86 bits per heavy atom. The summed E-state index contributed by atoms with van der Waals surface area (Å²) in [5.41, 5.74) is 1.16. The number of halogens is 1. The largest absolute Gasteiger partial charge is 0.490 e. The minimum Gasteiger partial charge on any atom is -0.490 e. The van der Waals surface area contributed by atoms with Gasteiger partial charge in [-0.05, 0) is 35.4 Å². The first-order valence-electron chi connectivity index (χ1n) is 2.05. The topological polar surface area (TPSA) is 9.23 Å². The number of rotatable bonds is 1. The molecule has 0 saturated heterocycles. The van der Waals surface area contributed by atoms with Crippen molar-refractivity contribution in [3.8, 4) is 0 Å². The lowest BCUT2D eigenvalue weighted by Crippen LogP contribution is -1.76. The molecule has 0 bridgehead atoms. The van der Waals surface area contributed by atoms with Crippen LogP contribution in [0.25, 0.3) is 0 Å². The third-order valence-corrected chi connectivity index (χ3v) is 1.69. The van der Waals surface area contributed by atoms with Crippen molar-refractivity contribution in [2.45, 2.75) is 13.8 Å². The zero-order valence-corrected chi connectivity index (χ0v) is 6.37. The molecule has 0 rings (SSSR count). The molecule has 0 N–H and O–H groups in total. The number of hydrogen-bond acceptors (Lipinski definition) is 1. The molecule has 0 unspecified atom stereocenters. The molecule has 0 atom stereocenters. The smallest absolute Gasteiger partial charge is 0.160 e. The molecule has 0 aromatic rings. The summed E-state index contributed by atoms with van der Waals surface area (Å²) in [4.78, 5) is 0. The van der Waals surface area contributed by atoms with Gasteiger partial charge in [0.15, 0.2) is 4.67 Å². The standard InChI is InChI=1S/C5H9BrO/c1-4(2)5(6)7-3/h1-3H3. The molecule has 1 nitrogen and oxygen atoms in total. The van der Waals surface area contributed by atoms with Crippen molar-refractivity contribution < 1.29 is 4.74 Å². The zero-order valence-electron chi connectivity index (χ0n) is 4.79. The first-order valence-corrected chi connectivity index (χ1v) is 2.84. The van der Waals surface area contributed by atoms with E-state index in [2.05, 4.69) is 15.9 Å². The van der Waals surface area contributed by atoms with Crippen LogP contribution in [0.3, 0.4) is 0 Å². The highest BCUT2D eigenvalue weighted by Crippen LogP contribution is 2.09. The van der Waals surface area contributed by atoms with E-state index in [1.165, 1.54) is 0 Å². The van der Waals surface area contributed by atoms with Gasteiger partial charge in [-0.25, -0.2) is 0 Å². The van der Waals surface area contributed by atoms with Gasteiger partial charge in [-0.2, -0.15) is 0 Å². The van der Waals surface area contributed by atoms with E-state index < -0.39 is 0 Å². The Bertz CT molecular complexity index is 82.1. The Hall–Kier alpha value is 0.0200. The molecular weight excluding hydrogens is 156 g/mol. The highest BCUT2D eigenvalue weighted by Gasteiger charge is 1.86. The molecule has 7 heavy (non-hydrogen) atoms. The lowest BCUT2D eigenvalue weighted by Gasteiger charge is -1.95. The predicted octanol–water partition coefficient (Wildman–Crippen LogP) is 2.28. The number of ether oxygens (including phenoxy) is 1. The molecule has 2 heteroatoms. The molecular formula is C5H9BrO. The summed E-state index contributed by atoms with van der Waals surface area (Å²) in [7, 11) is 1.64. The second-order valence-electron chi connectivity index (χ2n) is 1.48. The van der Waals surface area contributed by atoms with Crippen LogP contribution in [-0.2, 0) is 4.74 Å². The van der Waals surface area contributed by atoms with Crippen molar-refractivity contribution in [1.29, 1.82) is 0 Å². The van der Waals surface area contributed by atoms with E-state index in [1.54, 1.807) is 7.11 Å². The van der Waals surface area contributed by atoms with Gasteiger partial charge in [-0.1, -0.05) is 0 Å². The third-order valence-electron chi connectivity index (χ3n) is 0.572. The number of methoxy groups -OCH3 is 1. The Morgan fingerprint density at radius 1 is 1.43 bits per heavy atom. The summed E-state index contributed by atoms with van der Waals surface area (Å²) < 4.78 is 5.63. The van der Waals surface area contributed by atoms with Crippen molar-refractivity contribution in [3.63, 3.8) is 0 Å². The van der Waals surface area contributed by atoms with Gasteiger partial charge in [0, 0.05) is 0 Å². The minimum absolute atomic E-state index is 0.826. The molecule has 0 fully saturated rings. The molecule has 0 heterocycles. The first-order chi connectivity index (χ1) is 3.18. The second kappa shape index (κ2) is 3.08.